The van der Waals surface area contributed by atoms with Gasteiger partial charge in [-0.25, -0.2) is 4.79 Å². The van der Waals surface area contributed by atoms with E-state index in [1.165, 1.54) is 6.92 Å². The van der Waals surface area contributed by atoms with Crippen molar-refractivity contribution in [1.82, 2.24) is 10.2 Å². The first-order valence-corrected chi connectivity index (χ1v) is 10.3. The van der Waals surface area contributed by atoms with E-state index in [2.05, 4.69) is 31.4 Å². The molecule has 1 aliphatic carbocycles. The van der Waals surface area contributed by atoms with Crippen LogP contribution in [0.5, 0.6) is 0 Å². The Morgan fingerprint density at radius 3 is 2.33 bits per heavy atom. The lowest BCUT2D eigenvalue weighted by molar-refractivity contribution is -0.155. The van der Waals surface area contributed by atoms with Gasteiger partial charge >= 0.3 is 12.0 Å². The molecule has 2 fully saturated rings. The van der Waals surface area contributed by atoms with Crippen LogP contribution in [0, 0.1) is 0 Å². The highest BCUT2D eigenvalue weighted by molar-refractivity contribution is 6.09. The molecule has 2 N–H and O–H groups in total. The molecule has 1 heterocycles. The molecule has 162 valence electrons. The van der Waals surface area contributed by atoms with Crippen molar-refractivity contribution in [2.24, 2.45) is 0 Å². The highest BCUT2D eigenvalue weighted by atomic mass is 16.5. The molecule has 2 aliphatic rings. The van der Waals surface area contributed by atoms with Gasteiger partial charge in [-0.3, -0.25) is 19.3 Å². The van der Waals surface area contributed by atoms with Crippen LogP contribution in [-0.4, -0.2) is 46.9 Å². The average Bonchev–Trinajstić information content (AvgIpc) is 3.22. The first-order chi connectivity index (χ1) is 14.0. The topological polar surface area (TPSA) is 105 Å². The molecule has 0 radical (unpaired) electrons. The molecule has 1 saturated heterocycles. The van der Waals surface area contributed by atoms with Crippen LogP contribution >= 0.6 is 0 Å². The molecule has 0 aromatic heterocycles. The van der Waals surface area contributed by atoms with E-state index in [0.29, 0.717) is 18.5 Å². The second kappa shape index (κ2) is 8.08. The van der Waals surface area contributed by atoms with Gasteiger partial charge in [0.15, 0.2) is 6.10 Å². The fourth-order valence-corrected chi connectivity index (χ4v) is 3.85. The summed E-state index contributed by atoms with van der Waals surface area (Å²) in [5.74, 6) is -1.69. The number of nitrogens with one attached hydrogen (secondary N) is 2. The molecule has 1 atom stereocenters. The van der Waals surface area contributed by atoms with Gasteiger partial charge in [0.05, 0.1) is 0 Å². The summed E-state index contributed by atoms with van der Waals surface area (Å²) >= 11 is 0. The molecule has 1 unspecified atom stereocenters. The first-order valence-electron chi connectivity index (χ1n) is 10.3. The maximum Gasteiger partial charge on any atom is 0.327 e. The molecule has 8 heteroatoms. The van der Waals surface area contributed by atoms with E-state index in [1.807, 2.05) is 12.1 Å². The van der Waals surface area contributed by atoms with Crippen LogP contribution in [0.2, 0.25) is 0 Å². The number of hydrogen-bond donors (Lipinski definition) is 2. The van der Waals surface area contributed by atoms with E-state index < -0.39 is 42.0 Å². The molecular weight excluding hydrogens is 386 g/mol. The van der Waals surface area contributed by atoms with Crippen LogP contribution in [0.3, 0.4) is 0 Å². The number of nitrogens with zero attached hydrogens (tertiary/aromatic N) is 1. The van der Waals surface area contributed by atoms with Crippen molar-refractivity contribution in [1.29, 1.82) is 0 Å². The first kappa shape index (κ1) is 21.8. The Balaban J connectivity index is 1.53. The Kier molecular flexibility index (Phi) is 5.87. The van der Waals surface area contributed by atoms with E-state index in [0.717, 1.165) is 23.3 Å². The fourth-order valence-electron chi connectivity index (χ4n) is 3.85. The van der Waals surface area contributed by atoms with E-state index in [1.54, 1.807) is 12.1 Å². The summed E-state index contributed by atoms with van der Waals surface area (Å²) in [7, 11) is 0. The molecule has 1 saturated carbocycles. The Hall–Kier alpha value is -2.90. The zero-order valence-electron chi connectivity index (χ0n) is 17.9. The number of esters is 1. The Bertz CT molecular complexity index is 851. The maximum atomic E-state index is 12.6. The molecule has 8 nitrogen and oxygen atoms in total. The zero-order valence-corrected chi connectivity index (χ0v) is 17.9. The van der Waals surface area contributed by atoms with Gasteiger partial charge < -0.3 is 15.4 Å². The monoisotopic (exact) mass is 415 g/mol. The number of rotatable bonds is 5. The number of urea groups is 1. The molecule has 1 aromatic carbocycles. The number of imide groups is 1. The second-order valence-corrected chi connectivity index (χ2v) is 9.06. The lowest BCUT2D eigenvalue weighted by atomic mass is 9.87. The molecule has 0 bridgehead atoms. The van der Waals surface area contributed by atoms with Crippen LogP contribution in [0.4, 0.5) is 10.5 Å². The van der Waals surface area contributed by atoms with Crippen molar-refractivity contribution in [3.05, 3.63) is 29.8 Å². The minimum absolute atomic E-state index is 0.00172. The van der Waals surface area contributed by atoms with Crippen molar-refractivity contribution >= 4 is 29.5 Å². The quantitative estimate of drug-likeness (QED) is 0.568. The molecule has 1 aliphatic heterocycles. The molecule has 1 spiro atoms. The third kappa shape index (κ3) is 4.47. The van der Waals surface area contributed by atoms with E-state index in [9.17, 15) is 19.2 Å². The molecule has 1 aromatic rings. The third-order valence-corrected chi connectivity index (χ3v) is 5.69. The van der Waals surface area contributed by atoms with Gasteiger partial charge in [-0.2, -0.15) is 0 Å². The number of hydrogen-bond acceptors (Lipinski definition) is 5. The molecular formula is C22H29N3O5. The molecule has 3 rings (SSSR count). The molecule has 4 amide bonds. The van der Waals surface area contributed by atoms with E-state index in [-0.39, 0.29) is 5.41 Å². The lowest BCUT2D eigenvalue weighted by Gasteiger charge is -2.20. The Labute approximate surface area is 176 Å². The predicted octanol–water partition coefficient (Wildman–Crippen LogP) is 2.72. The van der Waals surface area contributed by atoms with E-state index in [4.69, 9.17) is 4.74 Å². The summed E-state index contributed by atoms with van der Waals surface area (Å²) in [6.45, 7) is 7.23. The highest BCUT2D eigenvalue weighted by Gasteiger charge is 2.52. The number of amides is 4. The maximum absolute atomic E-state index is 12.6. The Morgan fingerprint density at radius 2 is 1.77 bits per heavy atom. The van der Waals surface area contributed by atoms with Gasteiger partial charge in [0.1, 0.15) is 12.1 Å². The zero-order chi connectivity index (χ0) is 22.1. The minimum Gasteiger partial charge on any atom is -0.451 e. The van der Waals surface area contributed by atoms with Gasteiger partial charge in [0.25, 0.3) is 11.8 Å². The molecule has 30 heavy (non-hydrogen) atoms. The average molecular weight is 415 g/mol. The standard InChI is InChI=1S/C22H29N3O5/c1-14(18(27)23-16-9-7-15(8-10-16)21(2,3)4)30-17(26)13-25-19(28)22(24-20(25)29)11-5-6-12-22/h7-10,14H,5-6,11-13H2,1-4H3,(H,23,27)(H,24,29). The largest absolute Gasteiger partial charge is 0.451 e. The summed E-state index contributed by atoms with van der Waals surface area (Å²) < 4.78 is 5.15. The minimum atomic E-state index is -1.07. The van der Waals surface area contributed by atoms with Crippen molar-refractivity contribution < 1.29 is 23.9 Å². The smallest absolute Gasteiger partial charge is 0.327 e. The van der Waals surface area contributed by atoms with Crippen molar-refractivity contribution in [2.75, 3.05) is 11.9 Å². The van der Waals surface area contributed by atoms with Gasteiger partial charge in [-0.15, -0.1) is 0 Å². The number of carbonyl (C=O) groups is 4. The summed E-state index contributed by atoms with van der Waals surface area (Å²) in [6.07, 6.45) is 1.81. The van der Waals surface area contributed by atoms with Gasteiger partial charge in [-0.05, 0) is 42.9 Å². The van der Waals surface area contributed by atoms with Crippen LogP contribution < -0.4 is 10.6 Å². The van der Waals surface area contributed by atoms with Crippen LogP contribution in [0.1, 0.15) is 58.9 Å². The fraction of sp³-hybridized carbons (Fsp3) is 0.545. The summed E-state index contributed by atoms with van der Waals surface area (Å²) in [6, 6.07) is 6.86. The van der Waals surface area contributed by atoms with Gasteiger partial charge in [0.2, 0.25) is 0 Å². The summed E-state index contributed by atoms with van der Waals surface area (Å²) in [5, 5.41) is 5.41. The van der Waals surface area contributed by atoms with Crippen molar-refractivity contribution in [2.45, 2.75) is 70.4 Å². The van der Waals surface area contributed by atoms with Gasteiger partial charge in [0, 0.05) is 5.69 Å². The highest BCUT2D eigenvalue weighted by Crippen LogP contribution is 2.35. The third-order valence-electron chi connectivity index (χ3n) is 5.69. The normalized spacial score (nSPS) is 19.0. The summed E-state index contributed by atoms with van der Waals surface area (Å²) in [4.78, 5) is 50.2. The van der Waals surface area contributed by atoms with E-state index >= 15 is 0 Å². The number of carbonyl (C=O) groups excluding carboxylic acids is 4. The van der Waals surface area contributed by atoms with Crippen LogP contribution in [-0.2, 0) is 24.5 Å². The van der Waals surface area contributed by atoms with Crippen LogP contribution in [0.15, 0.2) is 24.3 Å². The number of ether oxygens (including phenoxy) is 1. The lowest BCUT2D eigenvalue weighted by Crippen LogP contribution is -2.44. The number of anilines is 1. The van der Waals surface area contributed by atoms with Crippen LogP contribution in [0.25, 0.3) is 0 Å². The second-order valence-electron chi connectivity index (χ2n) is 9.06. The predicted molar refractivity (Wildman–Crippen MR) is 111 cm³/mol. The van der Waals surface area contributed by atoms with Gasteiger partial charge in [-0.1, -0.05) is 45.7 Å². The SMILES string of the molecule is CC(OC(=O)CN1C(=O)NC2(CCCC2)C1=O)C(=O)Nc1ccc(C(C)(C)C)cc1. The van der Waals surface area contributed by atoms with Crippen molar-refractivity contribution in [3.8, 4) is 0 Å². The number of benzene rings is 1. The van der Waals surface area contributed by atoms with Crippen molar-refractivity contribution in [3.63, 3.8) is 0 Å². The Morgan fingerprint density at radius 1 is 1.17 bits per heavy atom. The summed E-state index contributed by atoms with van der Waals surface area (Å²) in [5.41, 5.74) is 0.850.